The SMILES string of the molecule is COc1cc(C(=O)NCC(=O)NCc2ccco2)cc(OC)c1OCc1ccccc1. The molecule has 0 unspecified atom stereocenters. The van der Waals surface area contributed by atoms with Crippen molar-refractivity contribution in [1.82, 2.24) is 10.6 Å². The molecule has 3 aromatic rings. The van der Waals surface area contributed by atoms with Crippen LogP contribution < -0.4 is 24.8 Å². The lowest BCUT2D eigenvalue weighted by Gasteiger charge is -2.16. The fourth-order valence-electron chi connectivity index (χ4n) is 2.81. The predicted octanol–water partition coefficient (Wildman–Crippen LogP) is 2.92. The van der Waals surface area contributed by atoms with E-state index in [9.17, 15) is 9.59 Å². The number of carbonyl (C=O) groups is 2. The summed E-state index contributed by atoms with van der Waals surface area (Å²) in [5, 5.41) is 5.24. The van der Waals surface area contributed by atoms with Crippen LogP contribution in [0.2, 0.25) is 0 Å². The molecule has 162 valence electrons. The maximum absolute atomic E-state index is 12.5. The quantitative estimate of drug-likeness (QED) is 0.519. The zero-order chi connectivity index (χ0) is 22.1. The molecule has 0 aliphatic heterocycles. The molecule has 0 radical (unpaired) electrons. The minimum atomic E-state index is -0.445. The fourth-order valence-corrected chi connectivity index (χ4v) is 2.81. The molecule has 8 nitrogen and oxygen atoms in total. The third-order valence-electron chi connectivity index (χ3n) is 4.40. The van der Waals surface area contributed by atoms with Gasteiger partial charge in [0.1, 0.15) is 12.4 Å². The predicted molar refractivity (Wildman–Crippen MR) is 113 cm³/mol. The van der Waals surface area contributed by atoms with E-state index in [4.69, 9.17) is 18.6 Å². The Morgan fingerprint density at radius 2 is 1.65 bits per heavy atom. The van der Waals surface area contributed by atoms with Gasteiger partial charge >= 0.3 is 0 Å². The lowest BCUT2D eigenvalue weighted by molar-refractivity contribution is -0.120. The number of hydrogen-bond acceptors (Lipinski definition) is 6. The normalized spacial score (nSPS) is 10.3. The van der Waals surface area contributed by atoms with E-state index < -0.39 is 5.91 Å². The zero-order valence-corrected chi connectivity index (χ0v) is 17.3. The Morgan fingerprint density at radius 1 is 0.935 bits per heavy atom. The van der Waals surface area contributed by atoms with E-state index in [2.05, 4.69) is 10.6 Å². The Morgan fingerprint density at radius 3 is 2.26 bits per heavy atom. The molecule has 2 amide bonds. The Balaban J connectivity index is 1.63. The summed E-state index contributed by atoms with van der Waals surface area (Å²) in [7, 11) is 2.96. The second kappa shape index (κ2) is 10.7. The second-order valence-electron chi connectivity index (χ2n) is 6.52. The summed E-state index contributed by atoms with van der Waals surface area (Å²) in [6.07, 6.45) is 1.53. The number of ether oxygens (including phenoxy) is 3. The van der Waals surface area contributed by atoms with Gasteiger partial charge in [0, 0.05) is 5.56 Å². The van der Waals surface area contributed by atoms with Crippen molar-refractivity contribution in [3.8, 4) is 17.2 Å². The van der Waals surface area contributed by atoms with E-state index >= 15 is 0 Å². The van der Waals surface area contributed by atoms with Crippen LogP contribution >= 0.6 is 0 Å². The van der Waals surface area contributed by atoms with Crippen molar-refractivity contribution in [1.29, 1.82) is 0 Å². The van der Waals surface area contributed by atoms with E-state index in [1.165, 1.54) is 20.5 Å². The maximum atomic E-state index is 12.5. The minimum Gasteiger partial charge on any atom is -0.493 e. The molecule has 0 saturated heterocycles. The summed E-state index contributed by atoms with van der Waals surface area (Å²) >= 11 is 0. The van der Waals surface area contributed by atoms with Gasteiger partial charge in [0.05, 0.1) is 33.6 Å². The highest BCUT2D eigenvalue weighted by Gasteiger charge is 2.18. The largest absolute Gasteiger partial charge is 0.493 e. The second-order valence-corrected chi connectivity index (χ2v) is 6.52. The molecule has 0 aliphatic rings. The lowest BCUT2D eigenvalue weighted by Crippen LogP contribution is -2.36. The molecule has 0 spiro atoms. The van der Waals surface area contributed by atoms with Crippen LogP contribution in [0.4, 0.5) is 0 Å². The molecule has 0 atom stereocenters. The van der Waals surface area contributed by atoms with Crippen LogP contribution in [0.5, 0.6) is 17.2 Å². The highest BCUT2D eigenvalue weighted by atomic mass is 16.5. The molecule has 1 aromatic heterocycles. The van der Waals surface area contributed by atoms with E-state index in [1.54, 1.807) is 24.3 Å². The number of hydrogen-bond donors (Lipinski definition) is 2. The smallest absolute Gasteiger partial charge is 0.251 e. The van der Waals surface area contributed by atoms with Crippen molar-refractivity contribution in [2.75, 3.05) is 20.8 Å². The molecule has 0 bridgehead atoms. The standard InChI is InChI=1S/C23H24N2O6/c1-28-19-11-17(23(27)25-14-21(26)24-13-18-9-6-10-30-18)12-20(29-2)22(19)31-15-16-7-4-3-5-8-16/h3-12H,13-15H2,1-2H3,(H,24,26)(H,25,27). The van der Waals surface area contributed by atoms with Gasteiger partial charge in [-0.15, -0.1) is 0 Å². The van der Waals surface area contributed by atoms with Crippen LogP contribution in [0.15, 0.2) is 65.3 Å². The van der Waals surface area contributed by atoms with Crippen molar-refractivity contribution in [3.63, 3.8) is 0 Å². The summed E-state index contributed by atoms with van der Waals surface area (Å²) in [6.45, 7) is 0.377. The molecule has 0 saturated carbocycles. The molecule has 2 aromatic carbocycles. The number of nitrogens with one attached hydrogen (secondary N) is 2. The first-order valence-corrected chi connectivity index (χ1v) is 9.60. The summed E-state index contributed by atoms with van der Waals surface area (Å²) in [6, 6.07) is 16.2. The van der Waals surface area contributed by atoms with Crippen molar-refractivity contribution in [3.05, 3.63) is 77.7 Å². The Hall–Kier alpha value is -3.94. The number of methoxy groups -OCH3 is 2. The van der Waals surface area contributed by atoms with Crippen molar-refractivity contribution >= 4 is 11.8 Å². The summed E-state index contributed by atoms with van der Waals surface area (Å²) in [4.78, 5) is 24.5. The van der Waals surface area contributed by atoms with Crippen LogP contribution in [0, 0.1) is 0 Å². The van der Waals surface area contributed by atoms with E-state index in [1.807, 2.05) is 30.3 Å². The first-order chi connectivity index (χ1) is 15.1. The lowest BCUT2D eigenvalue weighted by atomic mass is 10.1. The highest BCUT2D eigenvalue weighted by Crippen LogP contribution is 2.39. The van der Waals surface area contributed by atoms with Gasteiger partial charge in [0.15, 0.2) is 11.5 Å². The third kappa shape index (κ3) is 6.02. The molecule has 1 heterocycles. The molecular formula is C23H24N2O6. The van der Waals surface area contributed by atoms with Gasteiger partial charge in [-0.1, -0.05) is 30.3 Å². The first kappa shape index (κ1) is 21.8. The monoisotopic (exact) mass is 424 g/mol. The van der Waals surface area contributed by atoms with Gasteiger partial charge in [0.25, 0.3) is 5.91 Å². The first-order valence-electron chi connectivity index (χ1n) is 9.60. The van der Waals surface area contributed by atoms with Crippen LogP contribution in [0.25, 0.3) is 0 Å². The highest BCUT2D eigenvalue weighted by molar-refractivity contribution is 5.97. The van der Waals surface area contributed by atoms with Crippen LogP contribution in [-0.4, -0.2) is 32.6 Å². The third-order valence-corrected chi connectivity index (χ3v) is 4.40. The number of benzene rings is 2. The van der Waals surface area contributed by atoms with Gasteiger partial charge in [-0.25, -0.2) is 0 Å². The van der Waals surface area contributed by atoms with Crippen molar-refractivity contribution in [2.24, 2.45) is 0 Å². The molecule has 0 fully saturated rings. The maximum Gasteiger partial charge on any atom is 0.251 e. The molecule has 31 heavy (non-hydrogen) atoms. The van der Waals surface area contributed by atoms with Crippen molar-refractivity contribution < 1.29 is 28.2 Å². The average molecular weight is 424 g/mol. The van der Waals surface area contributed by atoms with Gasteiger partial charge in [-0.2, -0.15) is 0 Å². The van der Waals surface area contributed by atoms with Gasteiger partial charge in [-0.3, -0.25) is 9.59 Å². The Kier molecular flexibility index (Phi) is 7.53. The zero-order valence-electron chi connectivity index (χ0n) is 17.3. The van der Waals surface area contributed by atoms with Crippen LogP contribution in [0.1, 0.15) is 21.7 Å². The van der Waals surface area contributed by atoms with E-state index in [0.717, 1.165) is 5.56 Å². The van der Waals surface area contributed by atoms with Crippen molar-refractivity contribution in [2.45, 2.75) is 13.2 Å². The van der Waals surface area contributed by atoms with E-state index in [0.29, 0.717) is 29.6 Å². The number of rotatable bonds is 10. The number of furan rings is 1. The molecule has 0 aliphatic carbocycles. The Bertz CT molecular complexity index is 977. The number of carbonyl (C=O) groups excluding carboxylic acids is 2. The van der Waals surface area contributed by atoms with Gasteiger partial charge in [0.2, 0.25) is 11.7 Å². The average Bonchev–Trinajstić information content (AvgIpc) is 3.33. The summed E-state index contributed by atoms with van der Waals surface area (Å²) < 4.78 is 21.8. The fraction of sp³-hybridized carbons (Fsp3) is 0.217. The van der Waals surface area contributed by atoms with Gasteiger partial charge < -0.3 is 29.3 Å². The summed E-state index contributed by atoms with van der Waals surface area (Å²) in [5.74, 6) is 0.929. The molecule has 2 N–H and O–H groups in total. The van der Waals surface area contributed by atoms with Crippen LogP contribution in [0.3, 0.4) is 0 Å². The molecular weight excluding hydrogens is 400 g/mol. The molecule has 3 rings (SSSR count). The topological polar surface area (TPSA) is 99.0 Å². The number of amides is 2. The van der Waals surface area contributed by atoms with Gasteiger partial charge in [-0.05, 0) is 29.8 Å². The molecule has 8 heteroatoms. The Labute approximate surface area is 180 Å². The van der Waals surface area contributed by atoms with Crippen LogP contribution in [-0.2, 0) is 17.9 Å². The minimum absolute atomic E-state index is 0.184. The van der Waals surface area contributed by atoms with E-state index in [-0.39, 0.29) is 24.6 Å². The summed E-state index contributed by atoms with van der Waals surface area (Å²) in [5.41, 5.74) is 1.26.